The topological polar surface area (TPSA) is 17.1 Å². The average molecular weight is 313 g/mol. The molecular weight excluding hydrogens is 302 g/mol. The predicted molar refractivity (Wildman–Crippen MR) is 77.2 cm³/mol. The first-order valence-electron chi connectivity index (χ1n) is 5.88. The van der Waals surface area contributed by atoms with Crippen molar-refractivity contribution >= 4 is 29.1 Å². The Balaban J connectivity index is 1.89. The molecule has 1 nitrogen and oxygen atoms in total. The molecule has 0 amide bonds. The Morgan fingerprint density at radius 1 is 1.10 bits per heavy atom. The zero-order valence-electron chi connectivity index (χ0n) is 10.4. The molecule has 104 valence electrons. The van der Waals surface area contributed by atoms with Crippen molar-refractivity contribution in [3.05, 3.63) is 64.7 Å². The van der Waals surface area contributed by atoms with Crippen LogP contribution in [0.3, 0.4) is 0 Å². The van der Waals surface area contributed by atoms with Crippen LogP contribution in [0.25, 0.3) is 0 Å². The zero-order valence-corrected chi connectivity index (χ0v) is 12.0. The summed E-state index contributed by atoms with van der Waals surface area (Å²) in [6.45, 7) is 0. The molecule has 0 aromatic heterocycles. The Bertz CT molecular complexity index is 614. The van der Waals surface area contributed by atoms with E-state index in [1.165, 1.54) is 36.0 Å². The van der Waals surface area contributed by atoms with Crippen molar-refractivity contribution in [1.82, 2.24) is 0 Å². The van der Waals surface area contributed by atoms with Crippen LogP contribution in [0.4, 0.5) is 8.78 Å². The summed E-state index contributed by atoms with van der Waals surface area (Å²) in [6, 6.07) is 10.3. The van der Waals surface area contributed by atoms with E-state index in [-0.39, 0.29) is 28.8 Å². The molecule has 0 aliphatic carbocycles. The summed E-state index contributed by atoms with van der Waals surface area (Å²) in [5.41, 5.74) is 0.594. The molecule has 0 bridgehead atoms. The summed E-state index contributed by atoms with van der Waals surface area (Å²) >= 11 is 6.90. The predicted octanol–water partition coefficient (Wildman–Crippen LogP) is 4.52. The van der Waals surface area contributed by atoms with E-state index in [1.807, 2.05) is 0 Å². The van der Waals surface area contributed by atoms with Gasteiger partial charge in [-0.3, -0.25) is 4.79 Å². The smallest absolute Gasteiger partial charge is 0.147 e. The van der Waals surface area contributed by atoms with Gasteiger partial charge in [-0.2, -0.15) is 0 Å². The van der Waals surface area contributed by atoms with E-state index in [9.17, 15) is 13.6 Å². The van der Waals surface area contributed by atoms with Crippen molar-refractivity contribution < 1.29 is 13.6 Å². The van der Waals surface area contributed by atoms with Gasteiger partial charge in [0.2, 0.25) is 0 Å². The molecule has 0 unspecified atom stereocenters. The summed E-state index contributed by atoms with van der Waals surface area (Å²) in [5, 5.41) is 0.0434. The minimum atomic E-state index is -0.525. The molecule has 2 rings (SSSR count). The third-order valence-electron chi connectivity index (χ3n) is 2.60. The lowest BCUT2D eigenvalue weighted by molar-refractivity contribution is -0.116. The van der Waals surface area contributed by atoms with E-state index >= 15 is 0 Å². The molecule has 0 N–H and O–H groups in total. The first-order valence-corrected chi connectivity index (χ1v) is 7.25. The van der Waals surface area contributed by atoms with Gasteiger partial charge in [0.1, 0.15) is 17.4 Å². The Labute approximate surface area is 125 Å². The van der Waals surface area contributed by atoms with Crippen molar-refractivity contribution in [2.24, 2.45) is 0 Å². The Hall–Kier alpha value is -1.39. The summed E-state index contributed by atoms with van der Waals surface area (Å²) in [7, 11) is 0. The number of hydrogen-bond donors (Lipinski definition) is 0. The van der Waals surface area contributed by atoms with Crippen LogP contribution in [-0.4, -0.2) is 11.5 Å². The highest BCUT2D eigenvalue weighted by Crippen LogP contribution is 2.20. The van der Waals surface area contributed by atoms with Crippen LogP contribution in [0.15, 0.2) is 47.4 Å². The monoisotopic (exact) mass is 312 g/mol. The minimum absolute atomic E-state index is 0.0268. The molecule has 0 fully saturated rings. The number of carbonyl (C=O) groups excluding carboxylic acids is 1. The number of carbonyl (C=O) groups is 1. The Kier molecular flexibility index (Phi) is 5.15. The summed E-state index contributed by atoms with van der Waals surface area (Å²) in [4.78, 5) is 12.6. The van der Waals surface area contributed by atoms with Gasteiger partial charge in [-0.15, -0.1) is 11.8 Å². The quantitative estimate of drug-likeness (QED) is 0.755. The number of ketones is 1. The summed E-state index contributed by atoms with van der Waals surface area (Å²) < 4.78 is 26.0. The maximum absolute atomic E-state index is 13.2. The van der Waals surface area contributed by atoms with Crippen molar-refractivity contribution in [3.8, 4) is 0 Å². The number of halogens is 3. The van der Waals surface area contributed by atoms with Gasteiger partial charge in [-0.05, 0) is 42.0 Å². The van der Waals surface area contributed by atoms with Crippen LogP contribution >= 0.6 is 23.4 Å². The molecule has 20 heavy (non-hydrogen) atoms. The van der Waals surface area contributed by atoms with Crippen LogP contribution in [0, 0.1) is 11.6 Å². The van der Waals surface area contributed by atoms with Crippen LogP contribution in [0.5, 0.6) is 0 Å². The molecular formula is C15H11ClF2OS. The number of benzene rings is 2. The van der Waals surface area contributed by atoms with E-state index in [4.69, 9.17) is 11.6 Å². The second-order valence-corrected chi connectivity index (χ2v) is 5.66. The third-order valence-corrected chi connectivity index (χ3v) is 3.98. The first-order chi connectivity index (χ1) is 9.54. The van der Waals surface area contributed by atoms with Gasteiger partial charge in [0.15, 0.2) is 0 Å². The molecule has 0 radical (unpaired) electrons. The highest BCUT2D eigenvalue weighted by atomic mass is 35.5. The SMILES string of the molecule is O=C(CSc1ccc(F)cc1)Cc1ccc(Cl)c(F)c1. The second-order valence-electron chi connectivity index (χ2n) is 4.21. The number of thioether (sulfide) groups is 1. The van der Waals surface area contributed by atoms with Crippen LogP contribution in [-0.2, 0) is 11.2 Å². The molecule has 0 saturated heterocycles. The van der Waals surface area contributed by atoms with Gasteiger partial charge in [-0.1, -0.05) is 17.7 Å². The van der Waals surface area contributed by atoms with Gasteiger partial charge in [0.25, 0.3) is 0 Å². The second kappa shape index (κ2) is 6.86. The fourth-order valence-electron chi connectivity index (χ4n) is 1.62. The number of Topliss-reactive ketones (excluding diaryl/α,β-unsaturated/α-hetero) is 1. The van der Waals surface area contributed by atoms with Crippen molar-refractivity contribution in [1.29, 1.82) is 0 Å². The Morgan fingerprint density at radius 3 is 2.45 bits per heavy atom. The molecule has 0 heterocycles. The lowest BCUT2D eigenvalue weighted by Gasteiger charge is -2.03. The van der Waals surface area contributed by atoms with Gasteiger partial charge >= 0.3 is 0 Å². The molecule has 2 aromatic rings. The van der Waals surface area contributed by atoms with Crippen molar-refractivity contribution in [3.63, 3.8) is 0 Å². The summed E-state index contributed by atoms with van der Waals surface area (Å²) in [5.74, 6) is -0.600. The van der Waals surface area contributed by atoms with Crippen LogP contribution < -0.4 is 0 Å². The minimum Gasteiger partial charge on any atom is -0.298 e. The molecule has 0 aliphatic rings. The molecule has 0 spiro atoms. The molecule has 0 atom stereocenters. The lowest BCUT2D eigenvalue weighted by atomic mass is 10.1. The molecule has 0 saturated carbocycles. The average Bonchev–Trinajstić information content (AvgIpc) is 2.42. The fourth-order valence-corrected chi connectivity index (χ4v) is 2.50. The van der Waals surface area contributed by atoms with E-state index in [2.05, 4.69) is 0 Å². The normalized spacial score (nSPS) is 10.6. The van der Waals surface area contributed by atoms with Crippen molar-refractivity contribution in [2.75, 3.05) is 5.75 Å². The fraction of sp³-hybridized carbons (Fsp3) is 0.133. The molecule has 0 aliphatic heterocycles. The van der Waals surface area contributed by atoms with Gasteiger partial charge in [-0.25, -0.2) is 8.78 Å². The maximum Gasteiger partial charge on any atom is 0.147 e. The Morgan fingerprint density at radius 2 is 1.80 bits per heavy atom. The van der Waals surface area contributed by atoms with Gasteiger partial charge < -0.3 is 0 Å². The van der Waals surface area contributed by atoms with Gasteiger partial charge in [0, 0.05) is 11.3 Å². The third kappa shape index (κ3) is 4.32. The number of rotatable bonds is 5. The lowest BCUT2D eigenvalue weighted by Crippen LogP contribution is -2.05. The first kappa shape index (κ1) is 15.0. The highest BCUT2D eigenvalue weighted by Gasteiger charge is 2.07. The molecule has 2 aromatic carbocycles. The van der Waals surface area contributed by atoms with E-state index < -0.39 is 5.82 Å². The zero-order chi connectivity index (χ0) is 14.5. The van der Waals surface area contributed by atoms with E-state index in [1.54, 1.807) is 18.2 Å². The van der Waals surface area contributed by atoms with E-state index in [0.29, 0.717) is 5.56 Å². The van der Waals surface area contributed by atoms with Crippen LogP contribution in [0.2, 0.25) is 5.02 Å². The van der Waals surface area contributed by atoms with Gasteiger partial charge in [0.05, 0.1) is 10.8 Å². The largest absolute Gasteiger partial charge is 0.298 e. The maximum atomic E-state index is 13.2. The van der Waals surface area contributed by atoms with Crippen LogP contribution in [0.1, 0.15) is 5.56 Å². The highest BCUT2D eigenvalue weighted by molar-refractivity contribution is 8.00. The summed E-state index contributed by atoms with van der Waals surface area (Å²) in [6.07, 6.45) is 0.155. The van der Waals surface area contributed by atoms with Crippen molar-refractivity contribution in [2.45, 2.75) is 11.3 Å². The van der Waals surface area contributed by atoms with E-state index in [0.717, 1.165) is 4.90 Å². The molecule has 5 heteroatoms. The standard InChI is InChI=1S/C15H11ClF2OS/c16-14-6-1-10(8-15(14)18)7-12(19)9-20-13-4-2-11(17)3-5-13/h1-6,8H,7,9H2. The number of hydrogen-bond acceptors (Lipinski definition) is 2.